The number of benzene rings is 1. The van der Waals surface area contributed by atoms with Gasteiger partial charge in [-0.2, -0.15) is 0 Å². The van der Waals surface area contributed by atoms with Crippen LogP contribution in [0.15, 0.2) is 43.0 Å². The van der Waals surface area contributed by atoms with E-state index in [1.54, 1.807) is 6.92 Å². The van der Waals surface area contributed by atoms with E-state index in [0.717, 1.165) is 5.56 Å². The molecule has 0 fully saturated rings. The molecule has 0 saturated carbocycles. The van der Waals surface area contributed by atoms with E-state index in [2.05, 4.69) is 6.58 Å². The van der Waals surface area contributed by atoms with Crippen molar-refractivity contribution in [2.75, 3.05) is 6.61 Å². The summed E-state index contributed by atoms with van der Waals surface area (Å²) in [6.07, 6.45) is 1.43. The number of rotatable bonds is 2. The van der Waals surface area contributed by atoms with E-state index in [4.69, 9.17) is 5.11 Å². The van der Waals surface area contributed by atoms with Gasteiger partial charge in [-0.15, -0.1) is 6.58 Å². The molecular weight excluding hydrogens is 164 g/mol. The summed E-state index contributed by atoms with van der Waals surface area (Å²) in [7, 11) is 0. The number of ketones is 1. The van der Waals surface area contributed by atoms with E-state index in [1.807, 2.05) is 30.3 Å². The maximum atomic E-state index is 10.6. The number of carbonyl (C=O) groups excluding carboxylic acids is 1. The van der Waals surface area contributed by atoms with Crippen LogP contribution in [0, 0.1) is 0 Å². The van der Waals surface area contributed by atoms with Gasteiger partial charge in [-0.1, -0.05) is 36.4 Å². The molecule has 0 bridgehead atoms. The average molecular weight is 178 g/mol. The van der Waals surface area contributed by atoms with Gasteiger partial charge >= 0.3 is 0 Å². The second-order valence-corrected chi connectivity index (χ2v) is 2.39. The van der Waals surface area contributed by atoms with Crippen LogP contribution in [0.25, 0.3) is 0 Å². The smallest absolute Gasteiger partial charge is 0.159 e. The number of Topliss-reactive ketones (excluding diaryl/α,β-unsaturated/α-hetero) is 1. The molecule has 0 spiro atoms. The molecule has 13 heavy (non-hydrogen) atoms. The van der Waals surface area contributed by atoms with Crippen molar-refractivity contribution in [1.29, 1.82) is 0 Å². The Morgan fingerprint density at radius 2 is 1.92 bits per heavy atom. The van der Waals surface area contributed by atoms with Gasteiger partial charge in [0, 0.05) is 5.56 Å². The highest BCUT2D eigenvalue weighted by molar-refractivity contribution is 5.93. The van der Waals surface area contributed by atoms with Crippen LogP contribution in [0.4, 0.5) is 0 Å². The minimum atomic E-state index is 0.0833. The molecule has 0 radical (unpaired) electrons. The fourth-order valence-corrected chi connectivity index (χ4v) is 0.673. The standard InChI is InChI=1S/C8H8O.C3H6O/c1-7(9)8-5-3-2-4-6-8;1-2-3-4/h2-6H,1H3;2,4H,1,3H2. The normalized spacial score (nSPS) is 8.15. The van der Waals surface area contributed by atoms with Crippen LogP contribution in [0.2, 0.25) is 0 Å². The summed E-state index contributed by atoms with van der Waals surface area (Å²) in [6.45, 7) is 4.88. The van der Waals surface area contributed by atoms with Crippen LogP contribution in [0.1, 0.15) is 17.3 Å². The Morgan fingerprint density at radius 3 is 2.15 bits per heavy atom. The molecule has 0 atom stereocenters. The van der Waals surface area contributed by atoms with E-state index in [-0.39, 0.29) is 12.4 Å². The predicted octanol–water partition coefficient (Wildman–Crippen LogP) is 2.05. The van der Waals surface area contributed by atoms with Gasteiger partial charge < -0.3 is 5.11 Å². The molecule has 0 saturated heterocycles. The lowest BCUT2D eigenvalue weighted by Crippen LogP contribution is -1.88. The third-order valence-electron chi connectivity index (χ3n) is 1.31. The maximum Gasteiger partial charge on any atom is 0.159 e. The summed E-state index contributed by atoms with van der Waals surface area (Å²) in [5, 5.41) is 7.76. The van der Waals surface area contributed by atoms with Gasteiger partial charge in [-0.3, -0.25) is 4.79 Å². The molecule has 2 nitrogen and oxygen atoms in total. The molecule has 1 N–H and O–H groups in total. The van der Waals surface area contributed by atoms with Gasteiger partial charge in [0.25, 0.3) is 0 Å². The molecule has 0 aliphatic rings. The lowest BCUT2D eigenvalue weighted by molar-refractivity contribution is 0.101. The van der Waals surface area contributed by atoms with Gasteiger partial charge in [0.1, 0.15) is 0 Å². The highest BCUT2D eigenvalue weighted by atomic mass is 16.2. The molecule has 1 aromatic rings. The van der Waals surface area contributed by atoms with Crippen molar-refractivity contribution in [3.63, 3.8) is 0 Å². The van der Waals surface area contributed by atoms with E-state index in [0.29, 0.717) is 0 Å². The Bertz CT molecular complexity index is 252. The van der Waals surface area contributed by atoms with Gasteiger partial charge in [0.15, 0.2) is 5.78 Å². The van der Waals surface area contributed by atoms with Crippen molar-refractivity contribution in [3.8, 4) is 0 Å². The van der Waals surface area contributed by atoms with Crippen LogP contribution in [0.3, 0.4) is 0 Å². The van der Waals surface area contributed by atoms with Gasteiger partial charge in [-0.25, -0.2) is 0 Å². The monoisotopic (exact) mass is 178 g/mol. The number of aliphatic hydroxyl groups is 1. The van der Waals surface area contributed by atoms with Crippen molar-refractivity contribution < 1.29 is 9.90 Å². The zero-order chi connectivity index (χ0) is 10.1. The van der Waals surface area contributed by atoms with Crippen molar-refractivity contribution in [2.45, 2.75) is 6.92 Å². The number of hydrogen-bond acceptors (Lipinski definition) is 2. The quantitative estimate of drug-likeness (QED) is 0.556. The van der Waals surface area contributed by atoms with Crippen LogP contribution < -0.4 is 0 Å². The Labute approximate surface area is 78.5 Å². The number of hydrogen-bond donors (Lipinski definition) is 1. The molecule has 0 aliphatic carbocycles. The molecule has 0 amide bonds. The van der Waals surface area contributed by atoms with E-state index in [9.17, 15) is 4.79 Å². The first-order valence-corrected chi connectivity index (χ1v) is 4.00. The van der Waals surface area contributed by atoms with E-state index < -0.39 is 0 Å². The highest BCUT2D eigenvalue weighted by Crippen LogP contribution is 1.97. The molecule has 0 aliphatic heterocycles. The van der Waals surface area contributed by atoms with Gasteiger partial charge in [0.05, 0.1) is 6.61 Å². The molecule has 2 heteroatoms. The zero-order valence-corrected chi connectivity index (χ0v) is 7.73. The minimum absolute atomic E-state index is 0.0833. The van der Waals surface area contributed by atoms with Crippen LogP contribution >= 0.6 is 0 Å². The predicted molar refractivity (Wildman–Crippen MR) is 53.7 cm³/mol. The number of aliphatic hydroxyl groups excluding tert-OH is 1. The summed E-state index contributed by atoms with van der Waals surface area (Å²) in [4.78, 5) is 10.6. The lowest BCUT2D eigenvalue weighted by atomic mass is 10.2. The Balaban J connectivity index is 0.000000310. The van der Waals surface area contributed by atoms with Crippen molar-refractivity contribution in [2.24, 2.45) is 0 Å². The molecule has 0 aromatic heterocycles. The van der Waals surface area contributed by atoms with Gasteiger partial charge in [-0.05, 0) is 6.92 Å². The largest absolute Gasteiger partial charge is 0.392 e. The van der Waals surface area contributed by atoms with Crippen LogP contribution in [0.5, 0.6) is 0 Å². The van der Waals surface area contributed by atoms with Crippen molar-refractivity contribution >= 4 is 5.78 Å². The summed E-state index contributed by atoms with van der Waals surface area (Å²) in [6, 6.07) is 9.23. The third-order valence-corrected chi connectivity index (χ3v) is 1.31. The molecule has 0 heterocycles. The Hall–Kier alpha value is -1.41. The summed E-state index contributed by atoms with van der Waals surface area (Å²) < 4.78 is 0. The van der Waals surface area contributed by atoms with Crippen molar-refractivity contribution in [1.82, 2.24) is 0 Å². The SMILES string of the molecule is C=CCO.CC(=O)c1ccccc1. The average Bonchev–Trinajstić information content (AvgIpc) is 2.19. The Kier molecular flexibility index (Phi) is 6.46. The lowest BCUT2D eigenvalue weighted by Gasteiger charge is -1.89. The van der Waals surface area contributed by atoms with Crippen LogP contribution in [-0.2, 0) is 0 Å². The first-order chi connectivity index (χ1) is 6.22. The summed E-state index contributed by atoms with van der Waals surface area (Å²) >= 11 is 0. The highest BCUT2D eigenvalue weighted by Gasteiger charge is 1.92. The fraction of sp³-hybridized carbons (Fsp3) is 0.182. The van der Waals surface area contributed by atoms with Crippen molar-refractivity contribution in [3.05, 3.63) is 48.6 Å². The molecule has 1 aromatic carbocycles. The molecule has 70 valence electrons. The fourth-order valence-electron chi connectivity index (χ4n) is 0.673. The van der Waals surface area contributed by atoms with Gasteiger partial charge in [0.2, 0.25) is 0 Å². The van der Waals surface area contributed by atoms with Crippen LogP contribution in [-0.4, -0.2) is 17.5 Å². The summed E-state index contributed by atoms with van der Waals surface area (Å²) in [5.41, 5.74) is 0.775. The Morgan fingerprint density at radius 1 is 1.46 bits per heavy atom. The topological polar surface area (TPSA) is 37.3 Å². The third kappa shape index (κ3) is 5.82. The first-order valence-electron chi connectivity index (χ1n) is 4.00. The van der Waals surface area contributed by atoms with E-state index >= 15 is 0 Å². The molecule has 0 unspecified atom stereocenters. The second-order valence-electron chi connectivity index (χ2n) is 2.39. The second kappa shape index (κ2) is 7.25. The summed E-state index contributed by atoms with van der Waals surface area (Å²) in [5.74, 6) is 0.121. The zero-order valence-electron chi connectivity index (χ0n) is 7.73. The minimum Gasteiger partial charge on any atom is -0.392 e. The maximum absolute atomic E-state index is 10.6. The molecular formula is C11H14O2. The van der Waals surface area contributed by atoms with E-state index in [1.165, 1.54) is 6.08 Å². The number of carbonyl (C=O) groups is 1. The molecule has 1 rings (SSSR count). The first kappa shape index (κ1) is 11.6.